The van der Waals surface area contributed by atoms with E-state index >= 15 is 0 Å². The van der Waals surface area contributed by atoms with Gasteiger partial charge >= 0.3 is 0 Å². The summed E-state index contributed by atoms with van der Waals surface area (Å²) in [6.45, 7) is 0. The Morgan fingerprint density at radius 2 is 2.12 bits per heavy atom. The summed E-state index contributed by atoms with van der Waals surface area (Å²) in [5.41, 5.74) is 0.724. The van der Waals surface area contributed by atoms with Crippen LogP contribution in [0.5, 0.6) is 0 Å². The molecule has 7 heteroatoms. The van der Waals surface area contributed by atoms with E-state index < -0.39 is 0 Å². The summed E-state index contributed by atoms with van der Waals surface area (Å²) in [7, 11) is 0. The zero-order chi connectivity index (χ0) is 10.8. The molecule has 3 heterocycles. The van der Waals surface area contributed by atoms with Crippen molar-refractivity contribution >= 4 is 0 Å². The summed E-state index contributed by atoms with van der Waals surface area (Å²) in [6.07, 6.45) is 3.31. The predicted molar refractivity (Wildman–Crippen MR) is 54.5 cm³/mol. The Labute approximate surface area is 90.1 Å². The molecule has 3 aromatic rings. The van der Waals surface area contributed by atoms with Gasteiger partial charge in [-0.1, -0.05) is 6.07 Å². The summed E-state index contributed by atoms with van der Waals surface area (Å²) in [5, 5.41) is 18.6. The first-order chi connectivity index (χ1) is 7.93. The van der Waals surface area contributed by atoms with E-state index in [0.29, 0.717) is 11.6 Å². The van der Waals surface area contributed by atoms with E-state index in [4.69, 9.17) is 0 Å². The van der Waals surface area contributed by atoms with Gasteiger partial charge in [0, 0.05) is 12.4 Å². The van der Waals surface area contributed by atoms with Crippen LogP contribution in [0.2, 0.25) is 0 Å². The maximum atomic E-state index is 4.18. The molecule has 3 aromatic heterocycles. The van der Waals surface area contributed by atoms with E-state index in [1.165, 1.54) is 4.80 Å². The van der Waals surface area contributed by atoms with Gasteiger partial charge in [-0.25, -0.2) is 4.98 Å². The molecule has 0 amide bonds. The average molecular weight is 213 g/mol. The second-order valence-electron chi connectivity index (χ2n) is 3.06. The third-order valence-electron chi connectivity index (χ3n) is 2.01. The molecule has 3 rings (SSSR count). The fourth-order valence-corrected chi connectivity index (χ4v) is 1.27. The summed E-state index contributed by atoms with van der Waals surface area (Å²) < 4.78 is 0. The van der Waals surface area contributed by atoms with Crippen LogP contribution in [-0.2, 0) is 0 Å². The maximum absolute atomic E-state index is 4.18. The predicted octanol–water partition coefficient (Wildman–Crippen LogP) is 0.447. The molecular formula is C9H7N7. The zero-order valence-electron chi connectivity index (χ0n) is 8.15. The van der Waals surface area contributed by atoms with Gasteiger partial charge in [-0.15, -0.1) is 15.0 Å². The topological polar surface area (TPSA) is 85.2 Å². The molecule has 0 aliphatic rings. The fourth-order valence-electron chi connectivity index (χ4n) is 1.27. The molecule has 0 fully saturated rings. The monoisotopic (exact) mass is 213 g/mol. The number of aromatic nitrogens is 7. The van der Waals surface area contributed by atoms with E-state index in [9.17, 15) is 0 Å². The second-order valence-corrected chi connectivity index (χ2v) is 3.06. The molecule has 0 atom stereocenters. The SMILES string of the molecule is c1ccc(-n2nnc(-c3ccn[nH]3)n2)nc1. The van der Waals surface area contributed by atoms with Crippen molar-refractivity contribution in [2.75, 3.05) is 0 Å². The third kappa shape index (κ3) is 1.44. The minimum absolute atomic E-state index is 0.489. The molecule has 78 valence electrons. The third-order valence-corrected chi connectivity index (χ3v) is 2.01. The van der Waals surface area contributed by atoms with Crippen molar-refractivity contribution in [2.24, 2.45) is 0 Å². The van der Waals surface area contributed by atoms with E-state index in [1.54, 1.807) is 24.5 Å². The van der Waals surface area contributed by atoms with Crippen LogP contribution in [0.25, 0.3) is 17.3 Å². The van der Waals surface area contributed by atoms with E-state index in [-0.39, 0.29) is 0 Å². The van der Waals surface area contributed by atoms with E-state index in [0.717, 1.165) is 5.69 Å². The summed E-state index contributed by atoms with van der Waals surface area (Å²) in [5.74, 6) is 1.11. The van der Waals surface area contributed by atoms with Gasteiger partial charge in [-0.05, 0) is 23.4 Å². The standard InChI is InChI=1S/C9H7N7/c1-2-5-10-8(3-1)16-14-9(13-15-16)7-4-6-11-12-7/h1-6H,(H,11,12). The van der Waals surface area contributed by atoms with Gasteiger partial charge in [-0.3, -0.25) is 5.10 Å². The second kappa shape index (κ2) is 3.54. The first-order valence-corrected chi connectivity index (χ1v) is 4.65. The number of pyridine rings is 1. The molecule has 0 aliphatic heterocycles. The molecule has 0 spiro atoms. The van der Waals surface area contributed by atoms with Crippen LogP contribution in [0.15, 0.2) is 36.7 Å². The van der Waals surface area contributed by atoms with E-state index in [2.05, 4.69) is 30.6 Å². The highest BCUT2D eigenvalue weighted by atomic mass is 15.6. The van der Waals surface area contributed by atoms with Gasteiger partial charge in [0.25, 0.3) is 0 Å². The Bertz CT molecular complexity index is 569. The van der Waals surface area contributed by atoms with Crippen molar-refractivity contribution in [3.8, 4) is 17.3 Å². The number of rotatable bonds is 2. The Morgan fingerprint density at radius 3 is 2.88 bits per heavy atom. The Morgan fingerprint density at radius 1 is 1.12 bits per heavy atom. The number of aromatic amines is 1. The van der Waals surface area contributed by atoms with Crippen molar-refractivity contribution in [3.05, 3.63) is 36.7 Å². The molecule has 0 aliphatic carbocycles. The smallest absolute Gasteiger partial charge is 0.223 e. The van der Waals surface area contributed by atoms with Gasteiger partial charge in [0.1, 0.15) is 5.69 Å². The first kappa shape index (κ1) is 8.72. The Kier molecular flexibility index (Phi) is 1.93. The van der Waals surface area contributed by atoms with Gasteiger partial charge in [-0.2, -0.15) is 5.10 Å². The lowest BCUT2D eigenvalue weighted by Crippen LogP contribution is -2.00. The number of hydrogen-bond donors (Lipinski definition) is 1. The van der Waals surface area contributed by atoms with Crippen LogP contribution in [0.1, 0.15) is 0 Å². The minimum atomic E-state index is 0.489. The quantitative estimate of drug-likeness (QED) is 0.667. The number of hydrogen-bond acceptors (Lipinski definition) is 5. The summed E-state index contributed by atoms with van der Waals surface area (Å²) >= 11 is 0. The van der Waals surface area contributed by atoms with Crippen molar-refractivity contribution in [1.82, 2.24) is 35.4 Å². The van der Waals surface area contributed by atoms with Crippen LogP contribution < -0.4 is 0 Å². The number of nitrogens with zero attached hydrogens (tertiary/aromatic N) is 6. The minimum Gasteiger partial charge on any atom is -0.274 e. The van der Waals surface area contributed by atoms with Crippen molar-refractivity contribution < 1.29 is 0 Å². The first-order valence-electron chi connectivity index (χ1n) is 4.65. The van der Waals surface area contributed by atoms with Gasteiger partial charge in [0.05, 0.1) is 0 Å². The van der Waals surface area contributed by atoms with Crippen molar-refractivity contribution in [2.45, 2.75) is 0 Å². The molecule has 0 aromatic carbocycles. The van der Waals surface area contributed by atoms with Gasteiger partial charge in [0.15, 0.2) is 5.82 Å². The average Bonchev–Trinajstić information content (AvgIpc) is 3.01. The van der Waals surface area contributed by atoms with Crippen LogP contribution in [0.3, 0.4) is 0 Å². The molecular weight excluding hydrogens is 206 g/mol. The summed E-state index contributed by atoms with van der Waals surface area (Å²) in [6, 6.07) is 7.27. The van der Waals surface area contributed by atoms with Crippen LogP contribution >= 0.6 is 0 Å². The lowest BCUT2D eigenvalue weighted by molar-refractivity contribution is 0.700. The van der Waals surface area contributed by atoms with Gasteiger partial charge in [0.2, 0.25) is 5.82 Å². The highest BCUT2D eigenvalue weighted by Crippen LogP contribution is 2.09. The molecule has 0 radical (unpaired) electrons. The van der Waals surface area contributed by atoms with Crippen LogP contribution in [0.4, 0.5) is 0 Å². The molecule has 0 saturated carbocycles. The molecule has 0 unspecified atom stereocenters. The number of nitrogens with one attached hydrogen (secondary N) is 1. The highest BCUT2D eigenvalue weighted by molar-refractivity contribution is 5.46. The maximum Gasteiger partial charge on any atom is 0.223 e. The van der Waals surface area contributed by atoms with Crippen molar-refractivity contribution in [1.29, 1.82) is 0 Å². The molecule has 1 N–H and O–H groups in total. The fraction of sp³-hybridized carbons (Fsp3) is 0. The lowest BCUT2D eigenvalue weighted by Gasteiger charge is -1.93. The largest absolute Gasteiger partial charge is 0.274 e. The summed E-state index contributed by atoms with van der Waals surface area (Å²) in [4.78, 5) is 5.49. The Hall–Kier alpha value is -2.57. The molecule has 0 saturated heterocycles. The van der Waals surface area contributed by atoms with Crippen molar-refractivity contribution in [3.63, 3.8) is 0 Å². The van der Waals surface area contributed by atoms with Crippen LogP contribution in [-0.4, -0.2) is 35.4 Å². The lowest BCUT2D eigenvalue weighted by atomic mass is 10.4. The number of H-pyrrole nitrogens is 1. The molecule has 7 nitrogen and oxygen atoms in total. The van der Waals surface area contributed by atoms with Crippen LogP contribution in [0, 0.1) is 0 Å². The van der Waals surface area contributed by atoms with E-state index in [1.807, 2.05) is 12.1 Å². The number of tetrazole rings is 1. The molecule has 0 bridgehead atoms. The molecule has 16 heavy (non-hydrogen) atoms. The zero-order valence-corrected chi connectivity index (χ0v) is 8.15. The Balaban J connectivity index is 2.00. The highest BCUT2D eigenvalue weighted by Gasteiger charge is 2.07. The normalized spacial score (nSPS) is 10.5. The van der Waals surface area contributed by atoms with Gasteiger partial charge < -0.3 is 0 Å².